The molecule has 0 saturated carbocycles. The third-order valence-electron chi connectivity index (χ3n) is 4.09. The van der Waals surface area contributed by atoms with Crippen molar-refractivity contribution in [2.45, 2.75) is 20.8 Å². The summed E-state index contributed by atoms with van der Waals surface area (Å²) >= 11 is 1.67. The second kappa shape index (κ2) is 5.72. The fraction of sp³-hybridized carbons (Fsp3) is 0.167. The first kappa shape index (κ1) is 14.8. The van der Waals surface area contributed by atoms with Crippen LogP contribution >= 0.6 is 11.3 Å². The van der Waals surface area contributed by atoms with Crippen molar-refractivity contribution in [2.24, 2.45) is 0 Å². The summed E-state index contributed by atoms with van der Waals surface area (Å²) in [6, 6.07) is 10.6. The zero-order valence-corrected chi connectivity index (χ0v) is 14.6. The summed E-state index contributed by atoms with van der Waals surface area (Å²) < 4.78 is 2.06. The molecule has 0 radical (unpaired) electrons. The lowest BCUT2D eigenvalue weighted by molar-refractivity contribution is 0.879. The number of nitrogens with one attached hydrogen (secondary N) is 1. The Balaban J connectivity index is 1.77. The predicted octanol–water partition coefficient (Wildman–Crippen LogP) is 4.31. The molecule has 4 aromatic rings. The topological polar surface area (TPSA) is 59.4 Å². The Morgan fingerprint density at radius 3 is 2.75 bits per heavy atom. The van der Waals surface area contributed by atoms with Gasteiger partial charge >= 0.3 is 0 Å². The van der Waals surface area contributed by atoms with Crippen molar-refractivity contribution < 1.29 is 0 Å². The molecule has 1 N–H and O–H groups in total. The van der Waals surface area contributed by atoms with Gasteiger partial charge in [0, 0.05) is 27.9 Å². The van der Waals surface area contributed by atoms with E-state index in [9.17, 15) is 0 Å². The molecule has 1 aromatic carbocycles. The molecular formula is C18H17N5S. The van der Waals surface area contributed by atoms with Gasteiger partial charge in [0.05, 0.1) is 5.69 Å². The monoisotopic (exact) mass is 335 g/mol. The van der Waals surface area contributed by atoms with Crippen LogP contribution in [0.4, 0.5) is 0 Å². The largest absolute Gasteiger partial charge is 0.287 e. The molecule has 24 heavy (non-hydrogen) atoms. The summed E-state index contributed by atoms with van der Waals surface area (Å²) in [6.07, 6.45) is 1.52. The number of aromatic amines is 1. The van der Waals surface area contributed by atoms with Crippen molar-refractivity contribution in [1.82, 2.24) is 24.7 Å². The van der Waals surface area contributed by atoms with Crippen LogP contribution in [-0.2, 0) is 0 Å². The first-order valence-electron chi connectivity index (χ1n) is 7.71. The number of aromatic nitrogens is 5. The first-order chi connectivity index (χ1) is 11.6. The Morgan fingerprint density at radius 2 is 2.00 bits per heavy atom. The molecule has 0 atom stereocenters. The van der Waals surface area contributed by atoms with Gasteiger partial charge in [-0.3, -0.25) is 4.57 Å². The molecular weight excluding hydrogens is 318 g/mol. The Hall–Kier alpha value is -2.73. The summed E-state index contributed by atoms with van der Waals surface area (Å²) in [7, 11) is 0. The molecule has 0 fully saturated rings. The predicted molar refractivity (Wildman–Crippen MR) is 96.5 cm³/mol. The van der Waals surface area contributed by atoms with Crippen LogP contribution in [0.1, 0.15) is 17.0 Å². The normalized spacial score (nSPS) is 11.1. The van der Waals surface area contributed by atoms with Crippen molar-refractivity contribution in [1.29, 1.82) is 0 Å². The fourth-order valence-corrected chi connectivity index (χ4v) is 3.78. The highest BCUT2D eigenvalue weighted by Crippen LogP contribution is 2.33. The molecule has 0 bridgehead atoms. The molecule has 3 aromatic heterocycles. The van der Waals surface area contributed by atoms with E-state index in [-0.39, 0.29) is 0 Å². The maximum absolute atomic E-state index is 4.85. The molecule has 5 nitrogen and oxygen atoms in total. The fourth-order valence-electron chi connectivity index (χ4n) is 2.96. The summed E-state index contributed by atoms with van der Waals surface area (Å²) in [5, 5.41) is 10.0. The van der Waals surface area contributed by atoms with Gasteiger partial charge in [0.1, 0.15) is 11.3 Å². The highest BCUT2D eigenvalue weighted by atomic mass is 32.1. The number of thiazole rings is 1. The van der Waals surface area contributed by atoms with E-state index in [2.05, 4.69) is 76.2 Å². The van der Waals surface area contributed by atoms with Crippen molar-refractivity contribution in [3.8, 4) is 27.8 Å². The second-order valence-corrected chi connectivity index (χ2v) is 6.69. The summed E-state index contributed by atoms with van der Waals surface area (Å²) in [5.74, 6) is 0.727. The van der Waals surface area contributed by atoms with Gasteiger partial charge in [-0.05, 0) is 32.9 Å². The Labute approximate surface area is 144 Å². The van der Waals surface area contributed by atoms with E-state index in [1.807, 2.05) is 0 Å². The van der Waals surface area contributed by atoms with E-state index >= 15 is 0 Å². The molecule has 0 unspecified atom stereocenters. The van der Waals surface area contributed by atoms with E-state index in [1.165, 1.54) is 11.9 Å². The van der Waals surface area contributed by atoms with Gasteiger partial charge in [-0.15, -0.1) is 11.3 Å². The third-order valence-corrected chi connectivity index (χ3v) is 4.98. The minimum atomic E-state index is 0.727. The van der Waals surface area contributed by atoms with Crippen LogP contribution in [0.5, 0.6) is 0 Å². The lowest BCUT2D eigenvalue weighted by atomic mass is 10.1. The number of hydrogen-bond donors (Lipinski definition) is 1. The number of H-pyrrole nitrogens is 1. The van der Waals surface area contributed by atoms with Gasteiger partial charge in [0.2, 0.25) is 5.95 Å². The van der Waals surface area contributed by atoms with Crippen LogP contribution in [0.15, 0.2) is 42.0 Å². The minimum absolute atomic E-state index is 0.727. The molecule has 0 saturated heterocycles. The van der Waals surface area contributed by atoms with Crippen LogP contribution in [-0.4, -0.2) is 24.7 Å². The van der Waals surface area contributed by atoms with Gasteiger partial charge in [-0.2, -0.15) is 10.1 Å². The van der Waals surface area contributed by atoms with E-state index < -0.39 is 0 Å². The smallest absolute Gasteiger partial charge is 0.229 e. The van der Waals surface area contributed by atoms with Crippen LogP contribution in [0.25, 0.3) is 27.8 Å². The van der Waals surface area contributed by atoms with Crippen molar-refractivity contribution in [3.05, 3.63) is 59.0 Å². The van der Waals surface area contributed by atoms with E-state index in [0.29, 0.717) is 0 Å². The molecule has 0 amide bonds. The Kier molecular flexibility index (Phi) is 3.54. The highest BCUT2D eigenvalue weighted by molar-refractivity contribution is 7.13. The number of aryl methyl sites for hydroxylation is 2. The zero-order valence-electron chi connectivity index (χ0n) is 13.7. The average Bonchev–Trinajstić information content (AvgIpc) is 3.28. The molecule has 0 spiro atoms. The van der Waals surface area contributed by atoms with Gasteiger partial charge in [-0.25, -0.2) is 10.1 Å². The minimum Gasteiger partial charge on any atom is -0.287 e. The number of benzene rings is 1. The van der Waals surface area contributed by atoms with Crippen LogP contribution in [0.2, 0.25) is 0 Å². The first-order valence-corrected chi connectivity index (χ1v) is 8.59. The van der Waals surface area contributed by atoms with Crippen molar-refractivity contribution >= 4 is 11.3 Å². The molecule has 4 rings (SSSR count). The molecule has 0 aliphatic rings. The van der Waals surface area contributed by atoms with Gasteiger partial charge in [0.25, 0.3) is 0 Å². The number of nitrogens with zero attached hydrogens (tertiary/aromatic N) is 4. The third kappa shape index (κ3) is 2.45. The maximum atomic E-state index is 4.85. The Morgan fingerprint density at radius 1 is 1.12 bits per heavy atom. The highest BCUT2D eigenvalue weighted by Gasteiger charge is 2.16. The van der Waals surface area contributed by atoms with Crippen molar-refractivity contribution in [2.75, 3.05) is 0 Å². The summed E-state index contributed by atoms with van der Waals surface area (Å²) in [5.41, 5.74) is 6.73. The van der Waals surface area contributed by atoms with Crippen LogP contribution in [0, 0.1) is 20.8 Å². The van der Waals surface area contributed by atoms with Crippen molar-refractivity contribution in [3.63, 3.8) is 0 Å². The van der Waals surface area contributed by atoms with E-state index in [1.54, 1.807) is 11.3 Å². The Bertz CT molecular complexity index is 995. The molecule has 6 heteroatoms. The van der Waals surface area contributed by atoms with E-state index in [4.69, 9.17) is 4.98 Å². The zero-order chi connectivity index (χ0) is 16.7. The molecule has 0 aliphatic heterocycles. The molecule has 0 aliphatic carbocycles. The van der Waals surface area contributed by atoms with Crippen LogP contribution in [0.3, 0.4) is 0 Å². The van der Waals surface area contributed by atoms with Gasteiger partial charge in [-0.1, -0.05) is 23.8 Å². The molecule has 3 heterocycles. The van der Waals surface area contributed by atoms with Crippen LogP contribution < -0.4 is 0 Å². The number of hydrogen-bond acceptors (Lipinski definition) is 4. The SMILES string of the molecule is Cc1cccc(-c2nc(-c3cc(C)n(-c4ncn[nH]4)c3C)cs2)c1. The standard InChI is InChI=1S/C18H17N5S/c1-11-5-4-6-14(7-11)17-21-16(9-24-17)15-8-12(2)23(13(15)3)18-19-10-20-22-18/h4-10H,1-3H3,(H,19,20,22). The maximum Gasteiger partial charge on any atom is 0.229 e. The average molecular weight is 335 g/mol. The summed E-state index contributed by atoms with van der Waals surface area (Å²) in [4.78, 5) is 9.10. The van der Waals surface area contributed by atoms with Gasteiger partial charge < -0.3 is 0 Å². The summed E-state index contributed by atoms with van der Waals surface area (Å²) in [6.45, 7) is 6.24. The lowest BCUT2D eigenvalue weighted by Crippen LogP contribution is -2.01. The lowest BCUT2D eigenvalue weighted by Gasteiger charge is -2.04. The number of rotatable bonds is 3. The van der Waals surface area contributed by atoms with E-state index in [0.717, 1.165) is 39.2 Å². The quantitative estimate of drug-likeness (QED) is 0.607. The van der Waals surface area contributed by atoms with Gasteiger partial charge in [0.15, 0.2) is 0 Å². The second-order valence-electron chi connectivity index (χ2n) is 5.84. The molecule has 120 valence electrons.